The highest BCUT2D eigenvalue weighted by Gasteiger charge is 2.16. The van der Waals surface area contributed by atoms with Gasteiger partial charge in [0.05, 0.1) is 5.56 Å². The molecule has 0 radical (unpaired) electrons. The molecule has 3 heteroatoms. The number of benzene rings is 2. The third-order valence-electron chi connectivity index (χ3n) is 3.99. The topological polar surface area (TPSA) is 48.0 Å². The second kappa shape index (κ2) is 5.53. The third-order valence-corrected chi connectivity index (χ3v) is 3.99. The molecule has 2 aromatic carbocycles. The molecule has 3 nitrogen and oxygen atoms in total. The van der Waals surface area contributed by atoms with E-state index in [9.17, 15) is 4.79 Å². The van der Waals surface area contributed by atoms with Gasteiger partial charge in [-0.2, -0.15) is 0 Å². The lowest BCUT2D eigenvalue weighted by atomic mass is 10.0. The lowest BCUT2D eigenvalue weighted by Gasteiger charge is -2.10. The van der Waals surface area contributed by atoms with E-state index >= 15 is 0 Å². The molecule has 2 N–H and O–H groups in total. The van der Waals surface area contributed by atoms with Crippen LogP contribution in [0.3, 0.4) is 0 Å². The molecule has 0 unspecified atom stereocenters. The van der Waals surface area contributed by atoms with E-state index < -0.39 is 5.91 Å². The van der Waals surface area contributed by atoms with Crippen LogP contribution in [-0.2, 0) is 6.54 Å². The number of primary amides is 1. The minimum atomic E-state index is -0.401. The molecule has 110 valence electrons. The molecule has 0 aliphatic carbocycles. The van der Waals surface area contributed by atoms with E-state index in [1.54, 1.807) is 0 Å². The van der Waals surface area contributed by atoms with E-state index in [-0.39, 0.29) is 0 Å². The Morgan fingerprint density at radius 1 is 1.18 bits per heavy atom. The first-order valence-corrected chi connectivity index (χ1v) is 7.22. The van der Waals surface area contributed by atoms with Crippen LogP contribution in [0.5, 0.6) is 0 Å². The fraction of sp³-hybridized carbons (Fsp3) is 0.105. The summed E-state index contributed by atoms with van der Waals surface area (Å²) in [6.07, 6.45) is 1.82. The van der Waals surface area contributed by atoms with Crippen LogP contribution in [0.15, 0.2) is 61.2 Å². The van der Waals surface area contributed by atoms with Gasteiger partial charge in [-0.05, 0) is 35.4 Å². The van der Waals surface area contributed by atoms with Gasteiger partial charge >= 0.3 is 0 Å². The Kier molecular flexibility index (Phi) is 3.55. The monoisotopic (exact) mass is 290 g/mol. The van der Waals surface area contributed by atoms with Crippen molar-refractivity contribution in [1.82, 2.24) is 4.57 Å². The molecule has 3 aromatic rings. The number of rotatable bonds is 4. The average Bonchev–Trinajstić information content (AvgIpc) is 2.85. The number of carbonyl (C=O) groups is 1. The molecule has 0 aliphatic rings. The smallest absolute Gasteiger partial charge is 0.250 e. The molecule has 0 fully saturated rings. The summed E-state index contributed by atoms with van der Waals surface area (Å²) in [6.45, 7) is 6.35. The zero-order chi connectivity index (χ0) is 15.7. The summed E-state index contributed by atoms with van der Waals surface area (Å²) in [5, 5.41) is 2.37. The lowest BCUT2D eigenvalue weighted by molar-refractivity contribution is 0.0999. The summed E-state index contributed by atoms with van der Waals surface area (Å²) in [5.74, 6) is -0.401. The SMILES string of the molecule is C=CCn1c(-c2ccc3ccccc3c2)cc(C(N)=O)c1C. The maximum atomic E-state index is 11.6. The first-order valence-electron chi connectivity index (χ1n) is 7.22. The predicted molar refractivity (Wildman–Crippen MR) is 90.8 cm³/mol. The molecule has 3 rings (SSSR count). The first kappa shape index (κ1) is 14.1. The van der Waals surface area contributed by atoms with E-state index in [2.05, 4.69) is 41.5 Å². The first-order chi connectivity index (χ1) is 10.6. The molecule has 0 atom stereocenters. The molecule has 0 bridgehead atoms. The number of aromatic nitrogens is 1. The van der Waals surface area contributed by atoms with Crippen molar-refractivity contribution in [3.8, 4) is 11.3 Å². The van der Waals surface area contributed by atoms with Crippen LogP contribution in [0.1, 0.15) is 16.1 Å². The van der Waals surface area contributed by atoms with Crippen LogP contribution in [0, 0.1) is 6.92 Å². The van der Waals surface area contributed by atoms with Gasteiger partial charge < -0.3 is 10.3 Å². The van der Waals surface area contributed by atoms with Crippen LogP contribution in [0.25, 0.3) is 22.0 Å². The van der Waals surface area contributed by atoms with Crippen LogP contribution >= 0.6 is 0 Å². The maximum absolute atomic E-state index is 11.6. The van der Waals surface area contributed by atoms with Gasteiger partial charge in [0.15, 0.2) is 0 Å². The Morgan fingerprint density at radius 2 is 1.91 bits per heavy atom. The van der Waals surface area contributed by atoms with Gasteiger partial charge in [0.1, 0.15) is 0 Å². The molecule has 0 saturated heterocycles. The summed E-state index contributed by atoms with van der Waals surface area (Å²) in [6, 6.07) is 16.4. The molecule has 0 spiro atoms. The quantitative estimate of drug-likeness (QED) is 0.728. The molecule has 1 aromatic heterocycles. The molecular weight excluding hydrogens is 272 g/mol. The number of hydrogen-bond donors (Lipinski definition) is 1. The van der Waals surface area contributed by atoms with Gasteiger partial charge in [-0.15, -0.1) is 6.58 Å². The standard InChI is InChI=1S/C19H18N2O/c1-3-10-21-13(2)17(19(20)22)12-18(21)16-9-8-14-6-4-5-7-15(14)11-16/h3-9,11-12H,1,10H2,2H3,(H2,20,22). The highest BCUT2D eigenvalue weighted by atomic mass is 16.1. The minimum absolute atomic E-state index is 0.401. The van der Waals surface area contributed by atoms with Crippen LogP contribution in [0.4, 0.5) is 0 Å². The van der Waals surface area contributed by atoms with Crippen molar-refractivity contribution in [2.45, 2.75) is 13.5 Å². The van der Waals surface area contributed by atoms with Crippen LogP contribution < -0.4 is 5.73 Å². The van der Waals surface area contributed by atoms with Crippen molar-refractivity contribution in [2.75, 3.05) is 0 Å². The van der Waals surface area contributed by atoms with Crippen molar-refractivity contribution in [3.05, 3.63) is 72.4 Å². The van der Waals surface area contributed by atoms with Crippen LogP contribution in [-0.4, -0.2) is 10.5 Å². The number of allylic oxidation sites excluding steroid dienone is 1. The Hall–Kier alpha value is -2.81. The zero-order valence-corrected chi connectivity index (χ0v) is 12.5. The second-order valence-electron chi connectivity index (χ2n) is 5.35. The molecule has 0 saturated carbocycles. The zero-order valence-electron chi connectivity index (χ0n) is 12.5. The van der Waals surface area contributed by atoms with Gasteiger partial charge in [-0.3, -0.25) is 4.79 Å². The number of carbonyl (C=O) groups excluding carboxylic acids is 1. The van der Waals surface area contributed by atoms with Crippen molar-refractivity contribution < 1.29 is 4.79 Å². The summed E-state index contributed by atoms with van der Waals surface area (Å²) >= 11 is 0. The third kappa shape index (κ3) is 2.31. The lowest BCUT2D eigenvalue weighted by Crippen LogP contribution is -2.12. The molecule has 1 amide bonds. The second-order valence-corrected chi connectivity index (χ2v) is 5.35. The summed E-state index contributed by atoms with van der Waals surface area (Å²) < 4.78 is 2.07. The fourth-order valence-corrected chi connectivity index (χ4v) is 2.85. The Balaban J connectivity index is 2.22. The Morgan fingerprint density at radius 3 is 2.59 bits per heavy atom. The van der Waals surface area contributed by atoms with Crippen molar-refractivity contribution >= 4 is 16.7 Å². The largest absolute Gasteiger partial charge is 0.366 e. The van der Waals surface area contributed by atoms with Gasteiger partial charge in [-0.25, -0.2) is 0 Å². The molecule has 1 heterocycles. The minimum Gasteiger partial charge on any atom is -0.366 e. The predicted octanol–water partition coefficient (Wildman–Crippen LogP) is 3.90. The number of nitrogens with zero attached hydrogens (tertiary/aromatic N) is 1. The number of fused-ring (bicyclic) bond motifs is 1. The number of nitrogens with two attached hydrogens (primary N) is 1. The Labute approximate surface area is 129 Å². The highest BCUT2D eigenvalue weighted by molar-refractivity contribution is 5.96. The highest BCUT2D eigenvalue weighted by Crippen LogP contribution is 2.28. The van der Waals surface area contributed by atoms with E-state index in [0.29, 0.717) is 12.1 Å². The Bertz CT molecular complexity index is 874. The van der Waals surface area contributed by atoms with E-state index in [4.69, 9.17) is 5.73 Å². The normalized spacial score (nSPS) is 10.8. The van der Waals surface area contributed by atoms with Crippen molar-refractivity contribution in [1.29, 1.82) is 0 Å². The fourth-order valence-electron chi connectivity index (χ4n) is 2.85. The van der Waals surface area contributed by atoms with Crippen LogP contribution in [0.2, 0.25) is 0 Å². The summed E-state index contributed by atoms with van der Waals surface area (Å²) in [4.78, 5) is 11.6. The van der Waals surface area contributed by atoms with Gasteiger partial charge in [0, 0.05) is 17.9 Å². The van der Waals surface area contributed by atoms with Gasteiger partial charge in [0.2, 0.25) is 0 Å². The van der Waals surface area contributed by atoms with E-state index in [1.807, 2.05) is 31.2 Å². The molecular formula is C19H18N2O. The van der Waals surface area contributed by atoms with E-state index in [0.717, 1.165) is 17.0 Å². The summed E-state index contributed by atoms with van der Waals surface area (Å²) in [7, 11) is 0. The van der Waals surface area contributed by atoms with Crippen molar-refractivity contribution in [2.24, 2.45) is 5.73 Å². The van der Waals surface area contributed by atoms with Gasteiger partial charge in [0.25, 0.3) is 5.91 Å². The number of hydrogen-bond acceptors (Lipinski definition) is 1. The molecule has 0 aliphatic heterocycles. The molecule has 22 heavy (non-hydrogen) atoms. The van der Waals surface area contributed by atoms with Crippen molar-refractivity contribution in [3.63, 3.8) is 0 Å². The summed E-state index contributed by atoms with van der Waals surface area (Å²) in [5.41, 5.74) is 8.96. The average molecular weight is 290 g/mol. The van der Waals surface area contributed by atoms with Gasteiger partial charge in [-0.1, -0.05) is 42.5 Å². The van der Waals surface area contributed by atoms with E-state index in [1.165, 1.54) is 10.8 Å². The number of amides is 1. The maximum Gasteiger partial charge on any atom is 0.250 e.